The van der Waals surface area contributed by atoms with Crippen LogP contribution in [-0.4, -0.2) is 5.11 Å². The van der Waals surface area contributed by atoms with E-state index in [1.54, 1.807) is 22.6 Å². The van der Waals surface area contributed by atoms with Crippen molar-refractivity contribution in [2.24, 2.45) is 0 Å². The van der Waals surface area contributed by atoms with Crippen molar-refractivity contribution in [3.05, 3.63) is 32.4 Å². The first-order valence-electron chi connectivity index (χ1n) is 3.80. The van der Waals surface area contributed by atoms with Crippen molar-refractivity contribution < 1.29 is 18.3 Å². The van der Waals surface area contributed by atoms with Gasteiger partial charge in [0.25, 0.3) is 0 Å². The molecular weight excluding hydrogens is 322 g/mol. The summed E-state index contributed by atoms with van der Waals surface area (Å²) in [6.45, 7) is -0.479. The average Bonchev–Trinajstić information content (AvgIpc) is 2.15. The number of alkyl halides is 3. The van der Waals surface area contributed by atoms with Crippen molar-refractivity contribution in [3.63, 3.8) is 0 Å². The zero-order chi connectivity index (χ0) is 11.6. The quantitative estimate of drug-likeness (QED) is 0.806. The molecule has 0 amide bonds. The fourth-order valence-electron chi connectivity index (χ4n) is 1.07. The molecule has 0 aliphatic rings. The van der Waals surface area contributed by atoms with E-state index in [2.05, 4.69) is 0 Å². The predicted octanol–water partition coefficient (Wildman–Crippen LogP) is 2.67. The van der Waals surface area contributed by atoms with Crippen LogP contribution in [0.1, 0.15) is 16.7 Å². The van der Waals surface area contributed by atoms with Crippen LogP contribution in [0.4, 0.5) is 13.2 Å². The molecule has 0 saturated carbocycles. The minimum absolute atomic E-state index is 0.168. The Kier molecular flexibility index (Phi) is 3.57. The highest BCUT2D eigenvalue weighted by atomic mass is 127. The second-order valence-corrected chi connectivity index (χ2v) is 3.92. The SMILES string of the molecule is N#Cc1cc(I)c(CO)cc1C(F)(F)F. The molecule has 6 heteroatoms. The molecule has 80 valence electrons. The monoisotopic (exact) mass is 327 g/mol. The molecule has 0 aromatic heterocycles. The van der Waals surface area contributed by atoms with Crippen molar-refractivity contribution in [1.29, 1.82) is 5.26 Å². The molecule has 0 bridgehead atoms. The second-order valence-electron chi connectivity index (χ2n) is 2.76. The third-order valence-corrected chi connectivity index (χ3v) is 2.79. The number of aliphatic hydroxyl groups is 1. The summed E-state index contributed by atoms with van der Waals surface area (Å²) in [6, 6.07) is 3.41. The van der Waals surface area contributed by atoms with Crippen LogP contribution in [-0.2, 0) is 12.8 Å². The molecule has 2 nitrogen and oxygen atoms in total. The van der Waals surface area contributed by atoms with E-state index in [1.165, 1.54) is 6.07 Å². The van der Waals surface area contributed by atoms with Crippen LogP contribution in [0.25, 0.3) is 0 Å². The topological polar surface area (TPSA) is 44.0 Å². The highest BCUT2D eigenvalue weighted by Gasteiger charge is 2.34. The number of hydrogen-bond acceptors (Lipinski definition) is 2. The number of hydrogen-bond donors (Lipinski definition) is 1. The number of nitriles is 1. The summed E-state index contributed by atoms with van der Waals surface area (Å²) in [6.07, 6.45) is -4.57. The Labute approximate surface area is 97.5 Å². The molecule has 0 unspecified atom stereocenters. The summed E-state index contributed by atoms with van der Waals surface area (Å²) >= 11 is 1.78. The number of rotatable bonds is 1. The van der Waals surface area contributed by atoms with Gasteiger partial charge in [0.2, 0.25) is 0 Å². The molecule has 1 rings (SSSR count). The van der Waals surface area contributed by atoms with Gasteiger partial charge in [0, 0.05) is 3.57 Å². The van der Waals surface area contributed by atoms with Crippen LogP contribution < -0.4 is 0 Å². The molecule has 0 heterocycles. The second kappa shape index (κ2) is 4.37. The van der Waals surface area contributed by atoms with Crippen molar-refractivity contribution >= 4 is 22.6 Å². The zero-order valence-corrected chi connectivity index (χ0v) is 9.43. The zero-order valence-electron chi connectivity index (χ0n) is 7.27. The van der Waals surface area contributed by atoms with Gasteiger partial charge in [0.05, 0.1) is 23.8 Å². The van der Waals surface area contributed by atoms with Gasteiger partial charge in [-0.05, 0) is 40.3 Å². The summed E-state index contributed by atoms with van der Waals surface area (Å²) in [5.74, 6) is 0. The summed E-state index contributed by atoms with van der Waals surface area (Å²) in [5, 5.41) is 17.4. The lowest BCUT2D eigenvalue weighted by atomic mass is 10.0. The highest BCUT2D eigenvalue weighted by Crippen LogP contribution is 2.33. The van der Waals surface area contributed by atoms with Gasteiger partial charge in [-0.15, -0.1) is 0 Å². The van der Waals surface area contributed by atoms with E-state index in [4.69, 9.17) is 10.4 Å². The predicted molar refractivity (Wildman–Crippen MR) is 54.8 cm³/mol. The van der Waals surface area contributed by atoms with Crippen molar-refractivity contribution in [3.8, 4) is 6.07 Å². The van der Waals surface area contributed by atoms with Gasteiger partial charge < -0.3 is 5.11 Å². The molecule has 0 spiro atoms. The minimum Gasteiger partial charge on any atom is -0.392 e. The Morgan fingerprint density at radius 2 is 2.00 bits per heavy atom. The molecule has 0 atom stereocenters. The van der Waals surface area contributed by atoms with E-state index in [-0.39, 0.29) is 5.56 Å². The molecular formula is C9H5F3INO. The number of nitrogens with zero attached hydrogens (tertiary/aromatic N) is 1. The van der Waals surface area contributed by atoms with Crippen LogP contribution >= 0.6 is 22.6 Å². The van der Waals surface area contributed by atoms with Gasteiger partial charge >= 0.3 is 6.18 Å². The minimum atomic E-state index is -4.57. The van der Waals surface area contributed by atoms with E-state index in [0.29, 0.717) is 3.57 Å². The maximum atomic E-state index is 12.4. The summed E-state index contributed by atoms with van der Waals surface area (Å²) in [5.41, 5.74) is -1.26. The molecule has 0 fully saturated rings. The third kappa shape index (κ3) is 2.60. The van der Waals surface area contributed by atoms with Gasteiger partial charge in [-0.2, -0.15) is 18.4 Å². The van der Waals surface area contributed by atoms with E-state index in [9.17, 15) is 13.2 Å². The van der Waals surface area contributed by atoms with E-state index in [0.717, 1.165) is 12.1 Å². The summed E-state index contributed by atoms with van der Waals surface area (Å²) < 4.78 is 37.8. The lowest BCUT2D eigenvalue weighted by Crippen LogP contribution is -2.09. The number of aliphatic hydroxyl groups excluding tert-OH is 1. The summed E-state index contributed by atoms with van der Waals surface area (Å²) in [7, 11) is 0. The Morgan fingerprint density at radius 3 is 2.40 bits per heavy atom. The molecule has 0 aliphatic carbocycles. The Balaban J connectivity index is 3.44. The molecule has 1 aromatic rings. The Bertz CT molecular complexity index is 423. The standard InChI is InChI=1S/C9H5F3INO/c10-9(11,12)7-1-6(4-15)8(13)2-5(7)3-14/h1-2,15H,4H2. The van der Waals surface area contributed by atoms with Gasteiger partial charge in [-0.25, -0.2) is 0 Å². The van der Waals surface area contributed by atoms with Crippen LogP contribution in [0.5, 0.6) is 0 Å². The van der Waals surface area contributed by atoms with E-state index >= 15 is 0 Å². The van der Waals surface area contributed by atoms with Crippen LogP contribution in [0, 0.1) is 14.9 Å². The Morgan fingerprint density at radius 1 is 1.40 bits per heavy atom. The number of halogens is 4. The van der Waals surface area contributed by atoms with Crippen molar-refractivity contribution in [1.82, 2.24) is 0 Å². The molecule has 0 radical (unpaired) electrons. The lowest BCUT2D eigenvalue weighted by Gasteiger charge is -2.11. The number of benzene rings is 1. The fourth-order valence-corrected chi connectivity index (χ4v) is 1.70. The van der Waals surface area contributed by atoms with E-state index < -0.39 is 23.9 Å². The van der Waals surface area contributed by atoms with Gasteiger partial charge in [-0.1, -0.05) is 0 Å². The summed E-state index contributed by atoms with van der Waals surface area (Å²) in [4.78, 5) is 0. The molecule has 1 aromatic carbocycles. The molecule has 15 heavy (non-hydrogen) atoms. The maximum absolute atomic E-state index is 12.4. The van der Waals surface area contributed by atoms with Crippen LogP contribution in [0.2, 0.25) is 0 Å². The normalized spacial score (nSPS) is 11.2. The van der Waals surface area contributed by atoms with Gasteiger partial charge in [0.1, 0.15) is 0 Å². The maximum Gasteiger partial charge on any atom is 0.417 e. The van der Waals surface area contributed by atoms with Crippen molar-refractivity contribution in [2.75, 3.05) is 0 Å². The third-order valence-electron chi connectivity index (χ3n) is 1.78. The first kappa shape index (κ1) is 12.3. The first-order valence-corrected chi connectivity index (χ1v) is 4.88. The lowest BCUT2D eigenvalue weighted by molar-refractivity contribution is -0.137. The van der Waals surface area contributed by atoms with Crippen LogP contribution in [0.3, 0.4) is 0 Å². The largest absolute Gasteiger partial charge is 0.417 e. The first-order chi connectivity index (χ1) is 6.90. The van der Waals surface area contributed by atoms with Crippen molar-refractivity contribution in [2.45, 2.75) is 12.8 Å². The Hall–Kier alpha value is -0.810. The smallest absolute Gasteiger partial charge is 0.392 e. The molecule has 0 saturated heterocycles. The van der Waals surface area contributed by atoms with Gasteiger partial charge in [0.15, 0.2) is 0 Å². The van der Waals surface area contributed by atoms with Gasteiger partial charge in [-0.3, -0.25) is 0 Å². The fraction of sp³-hybridized carbons (Fsp3) is 0.222. The molecule has 1 N–H and O–H groups in total. The van der Waals surface area contributed by atoms with Crippen LogP contribution in [0.15, 0.2) is 12.1 Å². The highest BCUT2D eigenvalue weighted by molar-refractivity contribution is 14.1. The average molecular weight is 327 g/mol. The van der Waals surface area contributed by atoms with E-state index in [1.807, 2.05) is 0 Å². The molecule has 0 aliphatic heterocycles.